The molecule has 7 aromatic carbocycles. The maximum Gasteiger partial charge on any atom is 0.164 e. The molecule has 0 radical (unpaired) electrons. The molecule has 9 aromatic rings. The highest BCUT2D eigenvalue weighted by atomic mass is 16.3. The first-order valence-corrected chi connectivity index (χ1v) is 15.0. The van der Waals surface area contributed by atoms with Gasteiger partial charge in [-0.1, -0.05) is 133 Å². The van der Waals surface area contributed by atoms with Crippen LogP contribution in [-0.2, 0) is 0 Å². The van der Waals surface area contributed by atoms with Crippen LogP contribution in [0.25, 0.3) is 88.8 Å². The number of aromatic nitrogens is 3. The van der Waals surface area contributed by atoms with Gasteiger partial charge in [0.1, 0.15) is 11.2 Å². The molecule has 0 fully saturated rings. The molecule has 2 heterocycles. The molecule has 0 saturated carbocycles. The summed E-state index contributed by atoms with van der Waals surface area (Å²) in [7, 11) is 0. The molecule has 0 atom stereocenters. The van der Waals surface area contributed by atoms with E-state index in [0.717, 1.165) is 49.8 Å². The second-order valence-corrected chi connectivity index (χ2v) is 11.2. The van der Waals surface area contributed by atoms with E-state index in [2.05, 4.69) is 72.8 Å². The Kier molecular flexibility index (Phi) is 5.78. The molecule has 0 amide bonds. The van der Waals surface area contributed by atoms with Crippen molar-refractivity contribution in [1.29, 1.82) is 0 Å². The second-order valence-electron chi connectivity index (χ2n) is 11.2. The Bertz CT molecular complexity index is 2480. The van der Waals surface area contributed by atoms with Crippen LogP contribution in [0.4, 0.5) is 0 Å². The van der Waals surface area contributed by atoms with Crippen LogP contribution >= 0.6 is 0 Å². The molecule has 0 aliphatic carbocycles. The molecular formula is C41H25N3O. The van der Waals surface area contributed by atoms with E-state index in [0.29, 0.717) is 17.5 Å². The van der Waals surface area contributed by atoms with E-state index >= 15 is 0 Å². The summed E-state index contributed by atoms with van der Waals surface area (Å²) in [6.07, 6.45) is 0. The van der Waals surface area contributed by atoms with Crippen molar-refractivity contribution in [3.63, 3.8) is 0 Å². The summed E-state index contributed by atoms with van der Waals surface area (Å²) in [4.78, 5) is 15.0. The summed E-state index contributed by atoms with van der Waals surface area (Å²) >= 11 is 0. The van der Waals surface area contributed by atoms with Crippen molar-refractivity contribution in [2.24, 2.45) is 0 Å². The maximum atomic E-state index is 6.53. The van der Waals surface area contributed by atoms with Gasteiger partial charge in [-0.2, -0.15) is 0 Å². The van der Waals surface area contributed by atoms with Crippen LogP contribution in [0.2, 0.25) is 0 Å². The molecule has 4 nitrogen and oxygen atoms in total. The summed E-state index contributed by atoms with van der Waals surface area (Å²) in [5, 5.41) is 6.92. The normalized spacial score (nSPS) is 11.6. The van der Waals surface area contributed by atoms with Gasteiger partial charge in [-0.05, 0) is 50.9 Å². The molecule has 0 aliphatic heterocycles. The van der Waals surface area contributed by atoms with Gasteiger partial charge in [0.2, 0.25) is 0 Å². The Morgan fingerprint density at radius 1 is 0.356 bits per heavy atom. The fourth-order valence-electron chi connectivity index (χ4n) is 6.48. The first kappa shape index (κ1) is 25.4. The minimum absolute atomic E-state index is 0.606. The van der Waals surface area contributed by atoms with Crippen LogP contribution in [-0.4, -0.2) is 15.0 Å². The number of fused-ring (bicyclic) bond motifs is 6. The lowest BCUT2D eigenvalue weighted by atomic mass is 9.90. The van der Waals surface area contributed by atoms with E-state index in [1.54, 1.807) is 0 Å². The molecule has 0 saturated heterocycles. The number of hydrogen-bond donors (Lipinski definition) is 0. The highest BCUT2D eigenvalue weighted by Gasteiger charge is 2.21. The van der Waals surface area contributed by atoms with Crippen molar-refractivity contribution in [1.82, 2.24) is 15.0 Å². The van der Waals surface area contributed by atoms with Crippen LogP contribution in [0, 0.1) is 0 Å². The van der Waals surface area contributed by atoms with Crippen LogP contribution in [0.5, 0.6) is 0 Å². The molecular weight excluding hydrogens is 550 g/mol. The number of furan rings is 1. The Hall–Kier alpha value is -6.13. The van der Waals surface area contributed by atoms with Gasteiger partial charge in [0.15, 0.2) is 17.5 Å². The van der Waals surface area contributed by atoms with Crippen molar-refractivity contribution >= 4 is 43.5 Å². The third kappa shape index (κ3) is 4.19. The molecule has 0 unspecified atom stereocenters. The van der Waals surface area contributed by atoms with E-state index < -0.39 is 0 Å². The van der Waals surface area contributed by atoms with E-state index in [-0.39, 0.29) is 0 Å². The molecule has 0 spiro atoms. The Labute approximate surface area is 259 Å². The molecule has 0 N–H and O–H groups in total. The van der Waals surface area contributed by atoms with Crippen molar-refractivity contribution in [2.75, 3.05) is 0 Å². The zero-order valence-corrected chi connectivity index (χ0v) is 24.2. The zero-order chi connectivity index (χ0) is 29.7. The summed E-state index contributed by atoms with van der Waals surface area (Å²) in [5.41, 5.74) is 6.67. The van der Waals surface area contributed by atoms with Gasteiger partial charge in [-0.25, -0.2) is 15.0 Å². The molecule has 210 valence electrons. The minimum Gasteiger partial charge on any atom is -0.456 e. The molecule has 2 aromatic heterocycles. The van der Waals surface area contributed by atoms with Crippen LogP contribution in [0.1, 0.15) is 0 Å². The summed E-state index contributed by atoms with van der Waals surface area (Å²) < 4.78 is 6.53. The topological polar surface area (TPSA) is 51.8 Å². The third-order valence-electron chi connectivity index (χ3n) is 8.52. The number of hydrogen-bond acceptors (Lipinski definition) is 4. The highest BCUT2D eigenvalue weighted by Crippen LogP contribution is 2.44. The zero-order valence-electron chi connectivity index (χ0n) is 24.2. The monoisotopic (exact) mass is 575 g/mol. The molecule has 9 rings (SSSR count). The Morgan fingerprint density at radius 2 is 0.867 bits per heavy atom. The number of nitrogens with zero attached hydrogens (tertiary/aromatic N) is 3. The van der Waals surface area contributed by atoms with Crippen LogP contribution < -0.4 is 0 Å². The summed E-state index contributed by atoms with van der Waals surface area (Å²) in [5.74, 6) is 1.86. The standard InChI is InChI=1S/C41H25N3O/c1-3-13-26(14-4-1)39-42-40(27-15-5-2-6-16-27)44-41(43-39)33-22-12-24-36-38(33)37-32(21-11-23-35(37)45-36)34-25-28-17-7-8-18-29(28)30-19-9-10-20-31(30)34/h1-25H. The van der Waals surface area contributed by atoms with Crippen molar-refractivity contribution < 1.29 is 4.42 Å². The maximum absolute atomic E-state index is 6.53. The first-order valence-electron chi connectivity index (χ1n) is 15.0. The lowest BCUT2D eigenvalue weighted by molar-refractivity contribution is 0.669. The van der Waals surface area contributed by atoms with Gasteiger partial charge >= 0.3 is 0 Å². The second kappa shape index (κ2) is 10.2. The van der Waals surface area contributed by atoms with Gasteiger partial charge in [0.05, 0.1) is 0 Å². The third-order valence-corrected chi connectivity index (χ3v) is 8.52. The predicted octanol–water partition coefficient (Wildman–Crippen LogP) is 10.7. The Balaban J connectivity index is 1.36. The lowest BCUT2D eigenvalue weighted by Gasteiger charge is -2.13. The lowest BCUT2D eigenvalue weighted by Crippen LogP contribution is -2.00. The smallest absolute Gasteiger partial charge is 0.164 e. The van der Waals surface area contributed by atoms with Gasteiger partial charge in [0.25, 0.3) is 0 Å². The summed E-state index contributed by atoms with van der Waals surface area (Å²) in [6.45, 7) is 0. The van der Waals surface area contributed by atoms with Gasteiger partial charge in [0, 0.05) is 27.5 Å². The first-order chi connectivity index (χ1) is 22.3. The van der Waals surface area contributed by atoms with Gasteiger partial charge < -0.3 is 4.42 Å². The molecule has 0 bridgehead atoms. The number of benzene rings is 7. The van der Waals surface area contributed by atoms with Crippen molar-refractivity contribution in [3.05, 3.63) is 152 Å². The Morgan fingerprint density at radius 3 is 1.53 bits per heavy atom. The molecule has 4 heteroatoms. The van der Waals surface area contributed by atoms with Crippen LogP contribution in [0.3, 0.4) is 0 Å². The van der Waals surface area contributed by atoms with Crippen LogP contribution in [0.15, 0.2) is 156 Å². The minimum atomic E-state index is 0.606. The average molecular weight is 576 g/mol. The molecule has 45 heavy (non-hydrogen) atoms. The highest BCUT2D eigenvalue weighted by molar-refractivity contribution is 6.22. The van der Waals surface area contributed by atoms with Gasteiger partial charge in [-0.3, -0.25) is 0 Å². The fraction of sp³-hybridized carbons (Fsp3) is 0. The SMILES string of the molecule is c1ccc(-c2nc(-c3ccccc3)nc(-c3cccc4oc5cccc(-c6cc7ccccc7c7ccccc67)c5c34)n2)cc1. The average Bonchev–Trinajstić information content (AvgIpc) is 3.51. The molecule has 0 aliphatic rings. The van der Waals surface area contributed by atoms with Crippen molar-refractivity contribution in [2.45, 2.75) is 0 Å². The predicted molar refractivity (Wildman–Crippen MR) is 184 cm³/mol. The summed E-state index contributed by atoms with van der Waals surface area (Å²) in [6, 6.07) is 52.1. The van der Waals surface area contributed by atoms with E-state index in [1.165, 1.54) is 21.5 Å². The van der Waals surface area contributed by atoms with Gasteiger partial charge in [-0.15, -0.1) is 0 Å². The van der Waals surface area contributed by atoms with E-state index in [9.17, 15) is 0 Å². The largest absolute Gasteiger partial charge is 0.456 e. The quantitative estimate of drug-likeness (QED) is 0.196. The fourth-order valence-corrected chi connectivity index (χ4v) is 6.48. The van der Waals surface area contributed by atoms with E-state index in [1.807, 2.05) is 78.9 Å². The number of rotatable bonds is 4. The van der Waals surface area contributed by atoms with Crippen molar-refractivity contribution in [3.8, 4) is 45.3 Å². The van der Waals surface area contributed by atoms with E-state index in [4.69, 9.17) is 19.4 Å².